The predicted octanol–water partition coefficient (Wildman–Crippen LogP) is 4.86. The van der Waals surface area contributed by atoms with Crippen LogP contribution in [0.15, 0.2) is 22.7 Å². The number of hydrogen-bond acceptors (Lipinski definition) is 2. The Kier molecular flexibility index (Phi) is 6.41. The molecule has 0 radical (unpaired) electrons. The maximum atomic E-state index is 12.4. The second kappa shape index (κ2) is 7.57. The lowest BCUT2D eigenvalue weighted by Crippen LogP contribution is -2.13. The zero-order chi connectivity index (χ0) is 13.5. The van der Waals surface area contributed by atoms with E-state index >= 15 is 0 Å². The number of ether oxygens (including phenoxy) is 1. The van der Waals surface area contributed by atoms with Gasteiger partial charge in [0.1, 0.15) is 5.75 Å². The molecular formula is C15H21BrO2. The van der Waals surface area contributed by atoms with Gasteiger partial charge in [-0.25, -0.2) is 0 Å². The lowest BCUT2D eigenvalue weighted by Gasteiger charge is -2.14. The average Bonchev–Trinajstić information content (AvgIpc) is 2.37. The Morgan fingerprint density at radius 1 is 1.39 bits per heavy atom. The van der Waals surface area contributed by atoms with Gasteiger partial charge in [0, 0.05) is 10.4 Å². The van der Waals surface area contributed by atoms with Gasteiger partial charge in [-0.05, 0) is 31.5 Å². The molecule has 0 aromatic heterocycles. The minimum absolute atomic E-state index is 0.0541. The molecule has 0 N–H and O–H groups in total. The third-order valence-corrected chi connectivity index (χ3v) is 3.44. The molecule has 0 aliphatic heterocycles. The Morgan fingerprint density at radius 3 is 2.72 bits per heavy atom. The highest BCUT2D eigenvalue weighted by Gasteiger charge is 2.19. The molecule has 3 heteroatoms. The number of halogens is 1. The van der Waals surface area contributed by atoms with E-state index in [1.54, 1.807) is 0 Å². The van der Waals surface area contributed by atoms with Crippen LogP contribution in [0, 0.1) is 5.92 Å². The first-order valence-corrected chi connectivity index (χ1v) is 7.36. The summed E-state index contributed by atoms with van der Waals surface area (Å²) < 4.78 is 6.44. The Labute approximate surface area is 118 Å². The minimum atomic E-state index is 0.0541. The molecular weight excluding hydrogens is 292 g/mol. The first-order chi connectivity index (χ1) is 8.60. The van der Waals surface area contributed by atoms with E-state index in [2.05, 4.69) is 22.9 Å². The average molecular weight is 313 g/mol. The molecule has 1 atom stereocenters. The molecule has 0 aliphatic carbocycles. The van der Waals surface area contributed by atoms with Crippen molar-refractivity contribution in [1.82, 2.24) is 0 Å². The number of carbonyl (C=O) groups excluding carboxylic acids is 1. The first kappa shape index (κ1) is 15.2. The monoisotopic (exact) mass is 312 g/mol. The Bertz CT molecular complexity index is 401. The van der Waals surface area contributed by atoms with Crippen LogP contribution in [0.4, 0.5) is 0 Å². The van der Waals surface area contributed by atoms with E-state index in [0.29, 0.717) is 17.9 Å². The standard InChI is InChI=1S/C15H21BrO2/c1-4-6-7-11(3)15(17)13-10-12(16)8-9-14(13)18-5-2/h8-11H,4-7H2,1-3H3. The van der Waals surface area contributed by atoms with Gasteiger partial charge in [-0.3, -0.25) is 4.79 Å². The van der Waals surface area contributed by atoms with Gasteiger partial charge < -0.3 is 4.74 Å². The normalized spacial score (nSPS) is 12.2. The highest BCUT2D eigenvalue weighted by Crippen LogP contribution is 2.27. The van der Waals surface area contributed by atoms with E-state index in [4.69, 9.17) is 4.74 Å². The number of rotatable bonds is 7. The van der Waals surface area contributed by atoms with Gasteiger partial charge >= 0.3 is 0 Å². The summed E-state index contributed by atoms with van der Waals surface area (Å²) in [6.45, 7) is 6.64. The van der Waals surface area contributed by atoms with Crippen LogP contribution < -0.4 is 4.74 Å². The van der Waals surface area contributed by atoms with Gasteiger partial charge in [-0.1, -0.05) is 42.6 Å². The fraction of sp³-hybridized carbons (Fsp3) is 0.533. The summed E-state index contributed by atoms with van der Waals surface area (Å²) in [6.07, 6.45) is 3.15. The molecule has 0 saturated heterocycles. The van der Waals surface area contributed by atoms with Crippen molar-refractivity contribution >= 4 is 21.7 Å². The van der Waals surface area contributed by atoms with Gasteiger partial charge in [0.05, 0.1) is 12.2 Å². The largest absolute Gasteiger partial charge is 0.493 e. The van der Waals surface area contributed by atoms with E-state index in [0.717, 1.165) is 23.7 Å². The predicted molar refractivity (Wildman–Crippen MR) is 78.3 cm³/mol. The van der Waals surface area contributed by atoms with E-state index in [1.165, 1.54) is 0 Å². The lowest BCUT2D eigenvalue weighted by atomic mass is 9.94. The molecule has 0 saturated carbocycles. The topological polar surface area (TPSA) is 26.3 Å². The number of carbonyl (C=O) groups is 1. The maximum Gasteiger partial charge on any atom is 0.169 e. The minimum Gasteiger partial charge on any atom is -0.493 e. The van der Waals surface area contributed by atoms with Crippen molar-refractivity contribution in [3.8, 4) is 5.75 Å². The molecule has 0 aliphatic rings. The quantitative estimate of drug-likeness (QED) is 0.672. The smallest absolute Gasteiger partial charge is 0.169 e. The van der Waals surface area contributed by atoms with Crippen molar-refractivity contribution in [1.29, 1.82) is 0 Å². The SMILES string of the molecule is CCCCC(C)C(=O)c1cc(Br)ccc1OCC. The third-order valence-electron chi connectivity index (χ3n) is 2.95. The van der Waals surface area contributed by atoms with Crippen molar-refractivity contribution in [3.05, 3.63) is 28.2 Å². The van der Waals surface area contributed by atoms with Crippen LogP contribution >= 0.6 is 15.9 Å². The van der Waals surface area contributed by atoms with E-state index in [1.807, 2.05) is 32.0 Å². The summed E-state index contributed by atoms with van der Waals surface area (Å²) >= 11 is 3.41. The Balaban J connectivity index is 2.91. The molecule has 100 valence electrons. The number of unbranched alkanes of at least 4 members (excludes halogenated alkanes) is 1. The van der Waals surface area contributed by atoms with Crippen molar-refractivity contribution in [3.63, 3.8) is 0 Å². The Hall–Kier alpha value is -0.830. The van der Waals surface area contributed by atoms with Crippen molar-refractivity contribution in [2.24, 2.45) is 5.92 Å². The molecule has 0 spiro atoms. The fourth-order valence-electron chi connectivity index (χ4n) is 1.88. The van der Waals surface area contributed by atoms with Crippen LogP contribution in [0.3, 0.4) is 0 Å². The number of hydrogen-bond donors (Lipinski definition) is 0. The number of Topliss-reactive ketones (excluding diaryl/α,β-unsaturated/α-hetero) is 1. The van der Waals surface area contributed by atoms with Gasteiger partial charge in [0.15, 0.2) is 5.78 Å². The summed E-state index contributed by atoms with van der Waals surface area (Å²) in [5.74, 6) is 0.917. The van der Waals surface area contributed by atoms with Gasteiger partial charge in [0.25, 0.3) is 0 Å². The summed E-state index contributed by atoms with van der Waals surface area (Å²) in [5.41, 5.74) is 0.690. The second-order valence-electron chi connectivity index (χ2n) is 4.48. The van der Waals surface area contributed by atoms with Crippen LogP contribution in [-0.2, 0) is 0 Å². The summed E-state index contributed by atoms with van der Waals surface area (Å²) in [7, 11) is 0. The molecule has 0 bridgehead atoms. The number of ketones is 1. The molecule has 2 nitrogen and oxygen atoms in total. The first-order valence-electron chi connectivity index (χ1n) is 6.56. The van der Waals surface area contributed by atoms with E-state index in [9.17, 15) is 4.79 Å². The van der Waals surface area contributed by atoms with Crippen LogP contribution in [-0.4, -0.2) is 12.4 Å². The van der Waals surface area contributed by atoms with Gasteiger partial charge in [-0.15, -0.1) is 0 Å². The molecule has 1 unspecified atom stereocenters. The molecule has 18 heavy (non-hydrogen) atoms. The third kappa shape index (κ3) is 4.13. The van der Waals surface area contributed by atoms with Gasteiger partial charge in [-0.2, -0.15) is 0 Å². The molecule has 0 heterocycles. The van der Waals surface area contributed by atoms with Crippen LogP contribution in [0.2, 0.25) is 0 Å². The number of benzene rings is 1. The van der Waals surface area contributed by atoms with Crippen molar-refractivity contribution in [2.45, 2.75) is 40.0 Å². The van der Waals surface area contributed by atoms with Crippen molar-refractivity contribution < 1.29 is 9.53 Å². The lowest BCUT2D eigenvalue weighted by molar-refractivity contribution is 0.0918. The zero-order valence-electron chi connectivity index (χ0n) is 11.3. The van der Waals surface area contributed by atoms with Crippen LogP contribution in [0.5, 0.6) is 5.75 Å². The summed E-state index contributed by atoms with van der Waals surface area (Å²) in [4.78, 5) is 12.4. The second-order valence-corrected chi connectivity index (χ2v) is 5.40. The molecule has 0 fully saturated rings. The maximum absolute atomic E-state index is 12.4. The zero-order valence-corrected chi connectivity index (χ0v) is 12.9. The molecule has 0 amide bonds. The van der Waals surface area contributed by atoms with E-state index in [-0.39, 0.29) is 11.7 Å². The highest BCUT2D eigenvalue weighted by molar-refractivity contribution is 9.10. The molecule has 1 aromatic rings. The highest BCUT2D eigenvalue weighted by atomic mass is 79.9. The van der Waals surface area contributed by atoms with Crippen LogP contribution in [0.1, 0.15) is 50.4 Å². The Morgan fingerprint density at radius 2 is 2.11 bits per heavy atom. The van der Waals surface area contributed by atoms with Gasteiger partial charge in [0.2, 0.25) is 0 Å². The molecule has 1 aromatic carbocycles. The van der Waals surface area contributed by atoms with Crippen molar-refractivity contribution in [2.75, 3.05) is 6.61 Å². The van der Waals surface area contributed by atoms with Crippen LogP contribution in [0.25, 0.3) is 0 Å². The van der Waals surface area contributed by atoms with E-state index < -0.39 is 0 Å². The molecule has 1 rings (SSSR count). The summed E-state index contributed by atoms with van der Waals surface area (Å²) in [6, 6.07) is 5.61. The fourth-order valence-corrected chi connectivity index (χ4v) is 2.24. The summed E-state index contributed by atoms with van der Waals surface area (Å²) in [5, 5.41) is 0.